The lowest BCUT2D eigenvalue weighted by Crippen LogP contribution is -2.25. The molecule has 0 N–H and O–H groups in total. The Labute approximate surface area is 216 Å². The van der Waals surface area contributed by atoms with Crippen LogP contribution in [0.1, 0.15) is 129 Å². The van der Waals surface area contributed by atoms with Gasteiger partial charge in [-0.25, -0.2) is 0 Å². The first-order chi connectivity index (χ1) is 17.3. The number of hydrogen-bond donors (Lipinski definition) is 0. The van der Waals surface area contributed by atoms with Crippen LogP contribution in [-0.4, -0.2) is 38.4 Å². The molecule has 0 spiro atoms. The van der Waals surface area contributed by atoms with Gasteiger partial charge >= 0.3 is 0 Å². The van der Waals surface area contributed by atoms with E-state index in [0.717, 1.165) is 51.1 Å². The molecule has 0 aromatic rings. The van der Waals surface area contributed by atoms with Gasteiger partial charge < -0.3 is 23.8 Å². The monoisotopic (exact) mass is 494 g/mol. The van der Waals surface area contributed by atoms with Crippen LogP contribution in [0.15, 0.2) is 24.3 Å². The molecule has 0 aromatic heterocycles. The molecule has 5 heteroatoms. The maximum absolute atomic E-state index is 10.6. The third-order valence-corrected chi connectivity index (χ3v) is 5.80. The van der Waals surface area contributed by atoms with Gasteiger partial charge in [0.15, 0.2) is 12.6 Å². The number of carbonyl (C=O) groups is 2. The zero-order chi connectivity index (χ0) is 25.7. The van der Waals surface area contributed by atoms with Crippen molar-refractivity contribution in [3.05, 3.63) is 24.3 Å². The average Bonchev–Trinajstić information content (AvgIpc) is 2.86. The van der Waals surface area contributed by atoms with Crippen LogP contribution >= 0.6 is 0 Å². The predicted molar refractivity (Wildman–Crippen MR) is 145 cm³/mol. The number of aldehydes is 2. The molecule has 0 amide bonds. The Morgan fingerprint density at radius 3 is 1.31 bits per heavy atom. The van der Waals surface area contributed by atoms with Crippen molar-refractivity contribution in [2.45, 2.75) is 142 Å². The lowest BCUT2D eigenvalue weighted by molar-refractivity contribution is -0.208. The van der Waals surface area contributed by atoms with Crippen LogP contribution in [0.2, 0.25) is 0 Å². The van der Waals surface area contributed by atoms with Crippen LogP contribution in [0, 0.1) is 0 Å². The molecule has 0 aliphatic carbocycles. The van der Waals surface area contributed by atoms with Gasteiger partial charge in [-0.15, -0.1) is 0 Å². The van der Waals surface area contributed by atoms with Gasteiger partial charge in [0.2, 0.25) is 0 Å². The minimum atomic E-state index is -0.476. The van der Waals surface area contributed by atoms with Crippen molar-refractivity contribution in [2.75, 3.05) is 13.2 Å². The maximum atomic E-state index is 10.6. The highest BCUT2D eigenvalue weighted by Gasteiger charge is 2.13. The molecule has 0 rings (SSSR count). The normalized spacial score (nSPS) is 13.5. The van der Waals surface area contributed by atoms with E-state index in [1.807, 2.05) is 24.3 Å². The Morgan fingerprint density at radius 1 is 0.514 bits per heavy atom. The van der Waals surface area contributed by atoms with Gasteiger partial charge in [-0.3, -0.25) is 0 Å². The van der Waals surface area contributed by atoms with E-state index in [4.69, 9.17) is 14.2 Å². The molecule has 0 aliphatic rings. The van der Waals surface area contributed by atoms with E-state index >= 15 is 0 Å². The molecular formula is C30H54O5. The molecule has 0 fully saturated rings. The number of carbonyl (C=O) groups excluding carboxylic acids is 2. The zero-order valence-electron chi connectivity index (χ0n) is 22.8. The number of rotatable bonds is 28. The van der Waals surface area contributed by atoms with Crippen LogP contribution in [0.4, 0.5) is 0 Å². The summed E-state index contributed by atoms with van der Waals surface area (Å²) in [4.78, 5) is 21.1. The highest BCUT2D eigenvalue weighted by atomic mass is 16.8. The Balaban J connectivity index is 4.75. The van der Waals surface area contributed by atoms with E-state index in [9.17, 15) is 9.59 Å². The fourth-order valence-corrected chi connectivity index (χ4v) is 3.63. The van der Waals surface area contributed by atoms with Crippen molar-refractivity contribution in [3.63, 3.8) is 0 Å². The summed E-state index contributed by atoms with van der Waals surface area (Å²) in [7, 11) is 0. The highest BCUT2D eigenvalue weighted by Crippen LogP contribution is 2.12. The quantitative estimate of drug-likeness (QED) is 0.0474. The molecule has 2 atom stereocenters. The fourth-order valence-electron chi connectivity index (χ4n) is 3.63. The molecule has 0 saturated carbocycles. The van der Waals surface area contributed by atoms with Gasteiger partial charge in [0.25, 0.3) is 0 Å². The standard InChI is InChI=1S/C30H54O5/c1-3-5-7-9-15-21-27-33-29(23-17-11-13-19-25-31)35-30(24-18-12-14-20-26-32)34-28-22-16-10-8-6-4-2/h17-18,23-26,29-30H,3-16,19-22,27-28H2,1-2H3. The van der Waals surface area contributed by atoms with Crippen molar-refractivity contribution in [2.24, 2.45) is 0 Å². The van der Waals surface area contributed by atoms with Crippen LogP contribution in [0.3, 0.4) is 0 Å². The van der Waals surface area contributed by atoms with Gasteiger partial charge in [-0.1, -0.05) is 90.2 Å². The fraction of sp³-hybridized carbons (Fsp3) is 0.800. The average molecular weight is 495 g/mol. The Hall–Kier alpha value is -1.30. The molecule has 0 aliphatic heterocycles. The van der Waals surface area contributed by atoms with Crippen molar-refractivity contribution >= 4 is 12.6 Å². The number of allylic oxidation sites excluding steroid dienone is 2. The third-order valence-electron chi connectivity index (χ3n) is 5.80. The molecule has 204 valence electrons. The topological polar surface area (TPSA) is 61.8 Å². The Kier molecular flexibility index (Phi) is 27.9. The molecule has 0 saturated heterocycles. The van der Waals surface area contributed by atoms with Crippen molar-refractivity contribution in [1.82, 2.24) is 0 Å². The van der Waals surface area contributed by atoms with Gasteiger partial charge in [-0.05, 0) is 50.7 Å². The molecule has 35 heavy (non-hydrogen) atoms. The van der Waals surface area contributed by atoms with Gasteiger partial charge in [0, 0.05) is 12.8 Å². The minimum Gasteiger partial charge on any atom is -0.349 e. The second-order valence-electron chi connectivity index (χ2n) is 9.20. The Bertz CT molecular complexity index is 459. The molecular weight excluding hydrogens is 440 g/mol. The molecule has 5 nitrogen and oxygen atoms in total. The smallest absolute Gasteiger partial charge is 0.180 e. The molecule has 0 aromatic carbocycles. The lowest BCUT2D eigenvalue weighted by Gasteiger charge is -2.22. The third kappa shape index (κ3) is 25.6. The summed E-state index contributed by atoms with van der Waals surface area (Å²) in [6.45, 7) is 5.77. The number of unbranched alkanes of at least 4 members (excludes halogenated alkanes) is 14. The van der Waals surface area contributed by atoms with Gasteiger partial charge in [0.1, 0.15) is 12.6 Å². The SMILES string of the molecule is CCCCCCCCOC(C=CCCCC=O)OC(C=CCCCC=O)OCCCCCCCC. The first kappa shape index (κ1) is 33.7. The Morgan fingerprint density at radius 2 is 0.914 bits per heavy atom. The highest BCUT2D eigenvalue weighted by molar-refractivity contribution is 5.49. The molecule has 0 radical (unpaired) electrons. The summed E-state index contributed by atoms with van der Waals surface area (Å²) < 4.78 is 18.3. The first-order valence-corrected chi connectivity index (χ1v) is 14.4. The summed E-state index contributed by atoms with van der Waals surface area (Å²) in [6.07, 6.45) is 27.9. The van der Waals surface area contributed by atoms with Crippen LogP contribution in [0.5, 0.6) is 0 Å². The number of ether oxygens (including phenoxy) is 3. The molecule has 0 bridgehead atoms. The first-order valence-electron chi connectivity index (χ1n) is 14.4. The van der Waals surface area contributed by atoms with E-state index in [0.29, 0.717) is 26.1 Å². The van der Waals surface area contributed by atoms with E-state index in [1.54, 1.807) is 0 Å². The van der Waals surface area contributed by atoms with Crippen molar-refractivity contribution in [1.29, 1.82) is 0 Å². The maximum Gasteiger partial charge on any atom is 0.180 e. The van der Waals surface area contributed by atoms with Crippen LogP contribution < -0.4 is 0 Å². The summed E-state index contributed by atoms with van der Waals surface area (Å²) in [5, 5.41) is 0. The summed E-state index contributed by atoms with van der Waals surface area (Å²) in [5.41, 5.74) is 0. The van der Waals surface area contributed by atoms with Crippen LogP contribution in [-0.2, 0) is 23.8 Å². The van der Waals surface area contributed by atoms with Crippen molar-refractivity contribution in [3.8, 4) is 0 Å². The van der Waals surface area contributed by atoms with E-state index < -0.39 is 12.6 Å². The summed E-state index contributed by atoms with van der Waals surface area (Å²) >= 11 is 0. The van der Waals surface area contributed by atoms with Crippen molar-refractivity contribution < 1.29 is 23.8 Å². The largest absolute Gasteiger partial charge is 0.349 e. The molecule has 0 heterocycles. The molecule has 2 unspecified atom stereocenters. The summed E-state index contributed by atoms with van der Waals surface area (Å²) in [6, 6.07) is 0. The second-order valence-corrected chi connectivity index (χ2v) is 9.20. The van der Waals surface area contributed by atoms with E-state index in [-0.39, 0.29) is 0 Å². The zero-order valence-corrected chi connectivity index (χ0v) is 22.8. The van der Waals surface area contributed by atoms with E-state index in [2.05, 4.69) is 13.8 Å². The van der Waals surface area contributed by atoms with Gasteiger partial charge in [-0.2, -0.15) is 0 Å². The number of hydrogen-bond acceptors (Lipinski definition) is 5. The van der Waals surface area contributed by atoms with Crippen LogP contribution in [0.25, 0.3) is 0 Å². The summed E-state index contributed by atoms with van der Waals surface area (Å²) in [5.74, 6) is 0. The second kappa shape index (κ2) is 28.9. The lowest BCUT2D eigenvalue weighted by atomic mass is 10.1. The minimum absolute atomic E-state index is 0.476. The van der Waals surface area contributed by atoms with Gasteiger partial charge in [0.05, 0.1) is 13.2 Å². The van der Waals surface area contributed by atoms with E-state index in [1.165, 1.54) is 64.2 Å². The predicted octanol–water partition coefficient (Wildman–Crippen LogP) is 8.26.